The largest absolute Gasteiger partial charge is 0.379 e. The lowest BCUT2D eigenvalue weighted by Gasteiger charge is -2.34. The normalized spacial score (nSPS) is 16.2. The lowest BCUT2D eigenvalue weighted by molar-refractivity contribution is 0.0169. The van der Waals surface area contributed by atoms with Gasteiger partial charge >= 0.3 is 0 Å². The molecule has 148 valence electrons. The summed E-state index contributed by atoms with van der Waals surface area (Å²) in [4.78, 5) is 18.1. The number of hydrogen-bond acceptors (Lipinski definition) is 5. The first kappa shape index (κ1) is 19.4. The summed E-state index contributed by atoms with van der Waals surface area (Å²) in [7, 11) is 0. The van der Waals surface area contributed by atoms with E-state index in [0.29, 0.717) is 6.54 Å². The Balaban J connectivity index is 1.54. The number of aromatic nitrogens is 1. The molecule has 0 radical (unpaired) electrons. The molecule has 0 aliphatic carbocycles. The van der Waals surface area contributed by atoms with Crippen LogP contribution < -0.4 is 5.32 Å². The summed E-state index contributed by atoms with van der Waals surface area (Å²) in [5, 5.41) is 6.30. The molecule has 3 aromatic rings. The molecule has 4 heterocycles. The van der Waals surface area contributed by atoms with Crippen LogP contribution in [0, 0.1) is 13.8 Å². The van der Waals surface area contributed by atoms with Crippen LogP contribution >= 0.6 is 22.7 Å². The highest BCUT2D eigenvalue weighted by Crippen LogP contribution is 2.31. The van der Waals surface area contributed by atoms with Crippen LogP contribution in [0.25, 0.3) is 5.00 Å². The Morgan fingerprint density at radius 1 is 1.21 bits per heavy atom. The first-order valence-corrected chi connectivity index (χ1v) is 11.2. The zero-order chi connectivity index (χ0) is 19.5. The smallest absolute Gasteiger partial charge is 0.254 e. The lowest BCUT2D eigenvalue weighted by Crippen LogP contribution is -2.43. The number of nitrogens with zero attached hydrogens (tertiary/aromatic N) is 2. The second-order valence-corrected chi connectivity index (χ2v) is 9.13. The fraction of sp³-hybridized carbons (Fsp3) is 0.381. The van der Waals surface area contributed by atoms with E-state index in [1.54, 1.807) is 22.7 Å². The van der Waals surface area contributed by atoms with Gasteiger partial charge in [0.25, 0.3) is 5.91 Å². The van der Waals surface area contributed by atoms with Crippen LogP contribution in [0.2, 0.25) is 0 Å². The minimum atomic E-state index is 0.000338. The Hall–Kier alpha value is -1.93. The number of aryl methyl sites for hydroxylation is 1. The van der Waals surface area contributed by atoms with Gasteiger partial charge in [-0.2, -0.15) is 0 Å². The van der Waals surface area contributed by atoms with Crippen molar-refractivity contribution in [3.63, 3.8) is 0 Å². The number of hydrogen-bond donors (Lipinski definition) is 1. The molecule has 1 N–H and O–H groups in total. The number of morpholine rings is 1. The summed E-state index contributed by atoms with van der Waals surface area (Å²) in [6.07, 6.45) is 3.98. The van der Waals surface area contributed by atoms with Crippen molar-refractivity contribution in [1.82, 2.24) is 14.8 Å². The Kier molecular flexibility index (Phi) is 5.96. The van der Waals surface area contributed by atoms with Crippen molar-refractivity contribution >= 4 is 28.6 Å². The molecule has 5 nitrogen and oxygen atoms in total. The molecule has 1 saturated heterocycles. The number of ether oxygens (including phenoxy) is 1. The standard InChI is InChI=1S/C21H25N3O2S2/c1-15-16(2)28-21(24-7-3-4-8-24)19(15)20(25)22-14-17(18-6-5-13-27-18)23-9-11-26-12-10-23/h3-8,13,17H,9-12,14H2,1-2H3,(H,22,25)/t17-/m0/s1. The van der Waals surface area contributed by atoms with E-state index in [4.69, 9.17) is 4.74 Å². The van der Waals surface area contributed by atoms with E-state index < -0.39 is 0 Å². The van der Waals surface area contributed by atoms with Gasteiger partial charge in [-0.15, -0.1) is 22.7 Å². The van der Waals surface area contributed by atoms with E-state index >= 15 is 0 Å². The summed E-state index contributed by atoms with van der Waals surface area (Å²) < 4.78 is 7.54. The van der Waals surface area contributed by atoms with Gasteiger partial charge in [-0.3, -0.25) is 9.69 Å². The zero-order valence-electron chi connectivity index (χ0n) is 16.2. The highest BCUT2D eigenvalue weighted by Gasteiger charge is 2.26. The van der Waals surface area contributed by atoms with Crippen molar-refractivity contribution in [2.24, 2.45) is 0 Å². The van der Waals surface area contributed by atoms with Gasteiger partial charge in [0.1, 0.15) is 5.00 Å². The van der Waals surface area contributed by atoms with E-state index in [1.807, 2.05) is 36.0 Å². The summed E-state index contributed by atoms with van der Waals surface area (Å²) in [5.41, 5.74) is 1.84. The van der Waals surface area contributed by atoms with E-state index in [9.17, 15) is 4.79 Å². The number of nitrogens with one attached hydrogen (secondary N) is 1. The van der Waals surface area contributed by atoms with Crippen LogP contribution in [0.4, 0.5) is 0 Å². The van der Waals surface area contributed by atoms with Gasteiger partial charge in [-0.25, -0.2) is 0 Å². The second-order valence-electron chi connectivity index (χ2n) is 6.94. The van der Waals surface area contributed by atoms with Crippen LogP contribution in [0.15, 0.2) is 42.0 Å². The molecule has 0 bridgehead atoms. The van der Waals surface area contributed by atoms with Crippen molar-refractivity contribution in [3.05, 3.63) is 62.9 Å². The maximum atomic E-state index is 13.2. The van der Waals surface area contributed by atoms with E-state index in [2.05, 4.69) is 34.7 Å². The van der Waals surface area contributed by atoms with Crippen molar-refractivity contribution in [2.75, 3.05) is 32.8 Å². The van der Waals surface area contributed by atoms with Gasteiger partial charge < -0.3 is 14.6 Å². The third-order valence-corrected chi connectivity index (χ3v) is 7.44. The summed E-state index contributed by atoms with van der Waals surface area (Å²) in [5.74, 6) is 0.000338. The van der Waals surface area contributed by atoms with E-state index in [1.165, 1.54) is 9.75 Å². The third kappa shape index (κ3) is 3.93. The van der Waals surface area contributed by atoms with Crippen LogP contribution in [0.3, 0.4) is 0 Å². The molecule has 1 amide bonds. The van der Waals surface area contributed by atoms with Crippen LogP contribution in [0.5, 0.6) is 0 Å². The second kappa shape index (κ2) is 8.61. The maximum absolute atomic E-state index is 13.2. The van der Waals surface area contributed by atoms with E-state index in [-0.39, 0.29) is 11.9 Å². The van der Waals surface area contributed by atoms with Crippen molar-refractivity contribution in [1.29, 1.82) is 0 Å². The van der Waals surface area contributed by atoms with Crippen molar-refractivity contribution < 1.29 is 9.53 Å². The molecule has 0 saturated carbocycles. The first-order valence-electron chi connectivity index (χ1n) is 9.52. The molecule has 7 heteroatoms. The Bertz CT molecular complexity index is 910. The highest BCUT2D eigenvalue weighted by atomic mass is 32.1. The molecule has 0 unspecified atom stereocenters. The molecular weight excluding hydrogens is 390 g/mol. The fourth-order valence-corrected chi connectivity index (χ4v) is 5.57. The molecule has 1 fully saturated rings. The molecule has 1 atom stereocenters. The van der Waals surface area contributed by atoms with Crippen LogP contribution in [-0.4, -0.2) is 48.2 Å². The zero-order valence-corrected chi connectivity index (χ0v) is 17.8. The lowest BCUT2D eigenvalue weighted by atomic mass is 10.1. The Labute approximate surface area is 173 Å². The fourth-order valence-electron chi connectivity index (χ4n) is 3.59. The molecule has 3 aromatic heterocycles. The predicted molar refractivity (Wildman–Crippen MR) is 115 cm³/mol. The predicted octanol–water partition coefficient (Wildman–Crippen LogP) is 4.02. The SMILES string of the molecule is Cc1sc(-n2cccc2)c(C(=O)NC[C@@H](c2cccs2)N2CCOCC2)c1C. The Morgan fingerprint density at radius 2 is 1.96 bits per heavy atom. The van der Waals surface area contributed by atoms with Gasteiger partial charge in [0.2, 0.25) is 0 Å². The molecule has 1 aliphatic rings. The van der Waals surface area contributed by atoms with Crippen molar-refractivity contribution in [2.45, 2.75) is 19.9 Å². The average molecular weight is 416 g/mol. The number of carbonyl (C=O) groups excluding carboxylic acids is 1. The van der Waals surface area contributed by atoms with Gasteiger partial charge in [0.15, 0.2) is 0 Å². The molecule has 28 heavy (non-hydrogen) atoms. The molecule has 0 spiro atoms. The monoisotopic (exact) mass is 415 g/mol. The number of thiophene rings is 2. The average Bonchev–Trinajstić information content (AvgIpc) is 3.46. The van der Waals surface area contributed by atoms with E-state index in [0.717, 1.165) is 42.4 Å². The topological polar surface area (TPSA) is 46.5 Å². The molecule has 4 rings (SSSR count). The Morgan fingerprint density at radius 3 is 2.64 bits per heavy atom. The van der Waals surface area contributed by atoms with Gasteiger partial charge in [-0.05, 0) is 43.0 Å². The third-order valence-electron chi connectivity index (χ3n) is 5.25. The van der Waals surface area contributed by atoms with Crippen molar-refractivity contribution in [3.8, 4) is 5.00 Å². The molecule has 1 aliphatic heterocycles. The summed E-state index contributed by atoms with van der Waals surface area (Å²) in [6.45, 7) is 7.98. The van der Waals surface area contributed by atoms with Gasteiger partial charge in [0.05, 0.1) is 24.8 Å². The number of carbonyl (C=O) groups is 1. The minimum Gasteiger partial charge on any atom is -0.379 e. The number of rotatable bonds is 6. The quantitative estimate of drug-likeness (QED) is 0.661. The van der Waals surface area contributed by atoms with Crippen LogP contribution in [-0.2, 0) is 4.74 Å². The van der Waals surface area contributed by atoms with Crippen LogP contribution in [0.1, 0.15) is 31.7 Å². The minimum absolute atomic E-state index is 0.000338. The first-order chi connectivity index (χ1) is 13.6. The maximum Gasteiger partial charge on any atom is 0.254 e. The molecular formula is C21H25N3O2S2. The van der Waals surface area contributed by atoms with Gasteiger partial charge in [0, 0.05) is 41.8 Å². The number of amides is 1. The molecule has 0 aromatic carbocycles. The summed E-state index contributed by atoms with van der Waals surface area (Å²) >= 11 is 3.41. The highest BCUT2D eigenvalue weighted by molar-refractivity contribution is 7.15. The summed E-state index contributed by atoms with van der Waals surface area (Å²) in [6, 6.07) is 8.38. The van der Waals surface area contributed by atoms with Gasteiger partial charge in [-0.1, -0.05) is 6.07 Å².